The molecule has 12 heteroatoms. The van der Waals surface area contributed by atoms with Crippen LogP contribution in [0.5, 0.6) is 11.5 Å². The number of urea groups is 1. The third kappa shape index (κ3) is 6.89. The summed E-state index contributed by atoms with van der Waals surface area (Å²) in [5.74, 6) is -1.26. The number of carbonyl (C=O) groups is 3. The van der Waals surface area contributed by atoms with Gasteiger partial charge in [-0.3, -0.25) is 9.59 Å². The molecule has 3 aromatic rings. The lowest BCUT2D eigenvalue weighted by Gasteiger charge is -2.15. The zero-order valence-corrected chi connectivity index (χ0v) is 23.5. The van der Waals surface area contributed by atoms with E-state index in [1.54, 1.807) is 36.4 Å². The van der Waals surface area contributed by atoms with Crippen LogP contribution in [0, 0.1) is 5.82 Å². The summed E-state index contributed by atoms with van der Waals surface area (Å²) in [5, 5.41) is 5.78. The van der Waals surface area contributed by atoms with E-state index in [0.717, 1.165) is 10.5 Å². The van der Waals surface area contributed by atoms with E-state index in [1.807, 2.05) is 6.92 Å². The second kappa shape index (κ2) is 12.5. The summed E-state index contributed by atoms with van der Waals surface area (Å²) in [5.41, 5.74) is 1.13. The van der Waals surface area contributed by atoms with Crippen LogP contribution in [0.15, 0.2) is 64.8 Å². The van der Waals surface area contributed by atoms with Crippen molar-refractivity contribution in [2.45, 2.75) is 13.5 Å². The first kappa shape index (κ1) is 28.4. The Morgan fingerprint density at radius 2 is 1.85 bits per heavy atom. The maximum atomic E-state index is 13.8. The molecule has 8 nitrogen and oxygen atoms in total. The number of rotatable bonds is 9. The Labute approximate surface area is 241 Å². The van der Waals surface area contributed by atoms with E-state index in [1.165, 1.54) is 24.3 Å². The third-order valence-corrected chi connectivity index (χ3v) is 6.75. The normalized spacial score (nSPS) is 14.0. The fourth-order valence-corrected chi connectivity index (χ4v) is 4.50. The lowest BCUT2D eigenvalue weighted by Crippen LogP contribution is -2.38. The number of benzene rings is 3. The van der Waals surface area contributed by atoms with Crippen LogP contribution in [0.2, 0.25) is 10.0 Å². The van der Waals surface area contributed by atoms with Crippen molar-refractivity contribution in [2.24, 2.45) is 0 Å². The minimum atomic E-state index is -0.782. The minimum Gasteiger partial charge on any atom is -0.490 e. The largest absolute Gasteiger partial charge is 0.490 e. The number of ether oxygens (including phenoxy) is 2. The highest BCUT2D eigenvalue weighted by Crippen LogP contribution is 2.36. The van der Waals surface area contributed by atoms with Crippen molar-refractivity contribution in [2.75, 3.05) is 18.5 Å². The summed E-state index contributed by atoms with van der Waals surface area (Å²) in [6.07, 6.45) is 1.45. The van der Waals surface area contributed by atoms with Gasteiger partial charge in [0, 0.05) is 20.1 Å². The number of para-hydroxylation sites is 1. The van der Waals surface area contributed by atoms with Gasteiger partial charge >= 0.3 is 6.03 Å². The summed E-state index contributed by atoms with van der Waals surface area (Å²) in [6.45, 7) is 1.71. The summed E-state index contributed by atoms with van der Waals surface area (Å²) in [7, 11) is 0. The Bertz CT molecular complexity index is 1480. The van der Waals surface area contributed by atoms with Crippen LogP contribution >= 0.6 is 39.1 Å². The fourth-order valence-electron chi connectivity index (χ4n) is 3.60. The first-order chi connectivity index (χ1) is 18.7. The number of anilines is 1. The average Bonchev–Trinajstić information content (AvgIpc) is 3.14. The van der Waals surface area contributed by atoms with Gasteiger partial charge in [0.15, 0.2) is 11.5 Å². The zero-order chi connectivity index (χ0) is 28.1. The van der Waals surface area contributed by atoms with E-state index in [2.05, 4.69) is 26.6 Å². The third-order valence-electron chi connectivity index (χ3n) is 5.47. The van der Waals surface area contributed by atoms with E-state index in [-0.39, 0.29) is 18.0 Å². The molecule has 0 unspecified atom stereocenters. The smallest absolute Gasteiger partial charge is 0.329 e. The maximum Gasteiger partial charge on any atom is 0.329 e. The highest BCUT2D eigenvalue weighted by Gasteiger charge is 2.35. The molecular weight excluding hydrogens is 616 g/mol. The molecule has 1 fully saturated rings. The number of carbonyl (C=O) groups excluding carboxylic acids is 3. The number of hydrogen-bond donors (Lipinski definition) is 2. The second-order valence-electron chi connectivity index (χ2n) is 8.19. The lowest BCUT2D eigenvalue weighted by molar-refractivity contribution is -0.127. The summed E-state index contributed by atoms with van der Waals surface area (Å²) in [6, 6.07) is 13.2. The number of imide groups is 1. The maximum absolute atomic E-state index is 13.8. The van der Waals surface area contributed by atoms with Crippen LogP contribution < -0.4 is 20.1 Å². The molecule has 0 saturated carbocycles. The Hall–Kier alpha value is -3.60. The first-order valence-corrected chi connectivity index (χ1v) is 13.1. The highest BCUT2D eigenvalue weighted by molar-refractivity contribution is 9.10. The Morgan fingerprint density at radius 3 is 2.56 bits per heavy atom. The molecule has 3 aromatic carbocycles. The molecule has 1 aliphatic heterocycles. The number of nitrogens with one attached hydrogen (secondary N) is 2. The van der Waals surface area contributed by atoms with Crippen molar-refractivity contribution >= 4 is 68.7 Å². The Balaban J connectivity index is 1.50. The van der Waals surface area contributed by atoms with E-state index in [4.69, 9.17) is 32.7 Å². The standard InChI is InChI=1S/C27H21BrCl2FN3O5/c1-2-38-23-10-16(18(28)12-24(23)39-14-15-7-8-17(29)11-19(15)30)9-22-26(36)34(27(37)33-22)13-25(35)32-21-6-4-3-5-20(21)31/h3-12H,2,13-14H2,1H3,(H,32,35)(H,33,37)/b22-9+. The molecule has 1 saturated heterocycles. The molecule has 0 aliphatic carbocycles. The fraction of sp³-hybridized carbons (Fsp3) is 0.148. The molecule has 39 heavy (non-hydrogen) atoms. The molecule has 0 bridgehead atoms. The average molecular weight is 637 g/mol. The van der Waals surface area contributed by atoms with Gasteiger partial charge in [-0.15, -0.1) is 0 Å². The van der Waals surface area contributed by atoms with E-state index in [9.17, 15) is 18.8 Å². The highest BCUT2D eigenvalue weighted by atomic mass is 79.9. The number of hydrogen-bond acceptors (Lipinski definition) is 5. The quantitative estimate of drug-likeness (QED) is 0.209. The molecule has 1 aliphatic rings. The van der Waals surface area contributed by atoms with Crippen LogP contribution in [0.4, 0.5) is 14.9 Å². The van der Waals surface area contributed by atoms with Crippen molar-refractivity contribution in [3.8, 4) is 11.5 Å². The summed E-state index contributed by atoms with van der Waals surface area (Å²) >= 11 is 15.7. The second-order valence-corrected chi connectivity index (χ2v) is 9.88. The van der Waals surface area contributed by atoms with Gasteiger partial charge in [-0.05, 0) is 55.0 Å². The molecule has 1 heterocycles. The first-order valence-electron chi connectivity index (χ1n) is 11.6. The van der Waals surface area contributed by atoms with Gasteiger partial charge in [0.25, 0.3) is 5.91 Å². The van der Waals surface area contributed by atoms with Gasteiger partial charge in [-0.2, -0.15) is 0 Å². The van der Waals surface area contributed by atoms with Crippen molar-refractivity contribution in [1.82, 2.24) is 10.2 Å². The molecule has 0 atom stereocenters. The van der Waals surface area contributed by atoms with E-state index >= 15 is 0 Å². The van der Waals surface area contributed by atoms with Crippen LogP contribution in [0.3, 0.4) is 0 Å². The number of nitrogens with zero attached hydrogens (tertiary/aromatic N) is 1. The molecule has 4 rings (SSSR count). The van der Waals surface area contributed by atoms with Crippen LogP contribution in [0.1, 0.15) is 18.1 Å². The van der Waals surface area contributed by atoms with Gasteiger partial charge in [0.1, 0.15) is 24.7 Å². The van der Waals surface area contributed by atoms with E-state index < -0.39 is 30.2 Å². The predicted molar refractivity (Wildman–Crippen MR) is 149 cm³/mol. The lowest BCUT2D eigenvalue weighted by atomic mass is 10.1. The minimum absolute atomic E-state index is 0.0524. The number of amides is 4. The van der Waals surface area contributed by atoms with Crippen molar-refractivity contribution < 1.29 is 28.2 Å². The molecule has 4 amide bonds. The van der Waals surface area contributed by atoms with Crippen LogP contribution in [0.25, 0.3) is 6.08 Å². The van der Waals surface area contributed by atoms with Gasteiger partial charge < -0.3 is 20.1 Å². The monoisotopic (exact) mass is 635 g/mol. The SMILES string of the molecule is CCOc1cc(/C=C2/NC(=O)N(CC(=O)Nc3ccccc3F)C2=O)c(Br)cc1OCc1ccc(Cl)cc1Cl. The topological polar surface area (TPSA) is 97.0 Å². The molecule has 2 N–H and O–H groups in total. The van der Waals surface area contributed by atoms with Crippen molar-refractivity contribution in [1.29, 1.82) is 0 Å². The van der Waals surface area contributed by atoms with Gasteiger partial charge in [0.2, 0.25) is 5.91 Å². The zero-order valence-electron chi connectivity index (χ0n) is 20.4. The van der Waals surface area contributed by atoms with Crippen LogP contribution in [-0.4, -0.2) is 35.9 Å². The molecule has 202 valence electrons. The Kier molecular flexibility index (Phi) is 9.11. The van der Waals surface area contributed by atoms with Crippen molar-refractivity contribution in [3.05, 3.63) is 91.8 Å². The Morgan fingerprint density at radius 1 is 1.10 bits per heavy atom. The summed E-state index contributed by atoms with van der Waals surface area (Å²) < 4.78 is 26.0. The molecule has 0 radical (unpaired) electrons. The molecular formula is C27H21BrCl2FN3O5. The van der Waals surface area contributed by atoms with Gasteiger partial charge in [-0.25, -0.2) is 14.1 Å². The number of halogens is 4. The van der Waals surface area contributed by atoms with Crippen molar-refractivity contribution in [3.63, 3.8) is 0 Å². The summed E-state index contributed by atoms with van der Waals surface area (Å²) in [4.78, 5) is 38.4. The molecule has 0 spiro atoms. The van der Waals surface area contributed by atoms with Crippen LogP contribution in [-0.2, 0) is 16.2 Å². The van der Waals surface area contributed by atoms with Gasteiger partial charge in [0.05, 0.1) is 12.3 Å². The molecule has 0 aromatic heterocycles. The van der Waals surface area contributed by atoms with E-state index in [0.29, 0.717) is 38.2 Å². The van der Waals surface area contributed by atoms with Gasteiger partial charge in [-0.1, -0.05) is 57.3 Å². The predicted octanol–water partition coefficient (Wildman–Crippen LogP) is 6.40.